The molecule has 130 valence electrons. The first-order valence-corrected chi connectivity index (χ1v) is 7.91. The summed E-state index contributed by atoms with van der Waals surface area (Å²) in [5.41, 5.74) is 4.09. The van der Waals surface area contributed by atoms with Gasteiger partial charge in [-0.2, -0.15) is 0 Å². The zero-order valence-corrected chi connectivity index (χ0v) is 14.7. The summed E-state index contributed by atoms with van der Waals surface area (Å²) < 4.78 is 0. The molecule has 1 atom stereocenters. The molecule has 0 aliphatic heterocycles. The molecule has 0 unspecified atom stereocenters. The molecule has 0 aliphatic rings. The van der Waals surface area contributed by atoms with Crippen molar-refractivity contribution < 1.29 is 19.6 Å². The Bertz CT molecular complexity index is 622. The van der Waals surface area contributed by atoms with Gasteiger partial charge in [0.1, 0.15) is 0 Å². The van der Waals surface area contributed by atoms with Crippen molar-refractivity contribution in [2.45, 2.75) is 26.2 Å². The van der Waals surface area contributed by atoms with Crippen LogP contribution in [0.1, 0.15) is 16.7 Å². The van der Waals surface area contributed by atoms with E-state index in [0.29, 0.717) is 0 Å². The first-order valence-electron chi connectivity index (χ1n) is 7.48. The highest BCUT2D eigenvalue weighted by atomic mass is 35.5. The molecule has 8 heteroatoms. The number of benzene rings is 1. The predicted octanol–water partition coefficient (Wildman–Crippen LogP) is 0.554. The van der Waals surface area contributed by atoms with E-state index in [1.165, 1.54) is 11.9 Å². The van der Waals surface area contributed by atoms with Gasteiger partial charge < -0.3 is 20.3 Å². The van der Waals surface area contributed by atoms with E-state index in [9.17, 15) is 19.6 Å². The van der Waals surface area contributed by atoms with E-state index in [1.54, 1.807) is 0 Å². The molecule has 3 N–H and O–H groups in total. The highest BCUT2D eigenvalue weighted by Crippen LogP contribution is 2.13. The molecule has 0 heterocycles. The highest BCUT2D eigenvalue weighted by molar-refractivity contribution is 6.43. The van der Waals surface area contributed by atoms with E-state index < -0.39 is 24.9 Å². The second-order valence-electron chi connectivity index (χ2n) is 5.71. The number of nitrogens with zero attached hydrogens (tertiary/aromatic N) is 1. The zero-order valence-electron chi connectivity index (χ0n) is 14.0. The molecule has 1 rings (SSSR count). The lowest BCUT2D eigenvalue weighted by Crippen LogP contribution is -2.50. The largest absolute Gasteiger partial charge is 0.475 e. The van der Waals surface area contributed by atoms with Gasteiger partial charge in [0.05, 0.1) is 12.5 Å². The number of hydrogen-bond donors (Lipinski definition) is 3. The number of nitrogens with one attached hydrogen (secondary N) is 1. The summed E-state index contributed by atoms with van der Waals surface area (Å²) in [6.07, 6.45) is 1.40. The molecule has 0 aromatic heterocycles. The molecular formula is C16H22BClN2O4. The fourth-order valence-corrected chi connectivity index (χ4v) is 2.38. The third kappa shape index (κ3) is 6.35. The van der Waals surface area contributed by atoms with Crippen LogP contribution in [0.25, 0.3) is 0 Å². The molecule has 0 radical (unpaired) electrons. The number of halogens is 1. The van der Waals surface area contributed by atoms with Gasteiger partial charge >= 0.3 is 7.12 Å². The molecule has 0 spiro atoms. The number of amides is 2. The predicted molar refractivity (Wildman–Crippen MR) is 94.4 cm³/mol. The van der Waals surface area contributed by atoms with E-state index in [1.807, 2.05) is 32.0 Å². The van der Waals surface area contributed by atoms with Gasteiger partial charge in [0.2, 0.25) is 11.8 Å². The molecule has 0 fully saturated rings. The Morgan fingerprint density at radius 1 is 1.38 bits per heavy atom. The quantitative estimate of drug-likeness (QED) is 0.494. The fraction of sp³-hybridized carbons (Fsp3) is 0.375. The smallest absolute Gasteiger partial charge is 0.426 e. The Morgan fingerprint density at radius 2 is 2.04 bits per heavy atom. The topological polar surface area (TPSA) is 89.9 Å². The summed E-state index contributed by atoms with van der Waals surface area (Å²) in [5.74, 6) is -1.78. The molecule has 1 aromatic carbocycles. The third-order valence-corrected chi connectivity index (χ3v) is 3.73. The van der Waals surface area contributed by atoms with E-state index >= 15 is 0 Å². The summed E-state index contributed by atoms with van der Waals surface area (Å²) in [5, 5.41) is 21.6. The summed E-state index contributed by atoms with van der Waals surface area (Å²) in [7, 11) is -0.258. The Balaban J connectivity index is 2.72. The van der Waals surface area contributed by atoms with Crippen LogP contribution in [0.4, 0.5) is 0 Å². The minimum Gasteiger partial charge on any atom is -0.426 e. The van der Waals surface area contributed by atoms with Crippen molar-refractivity contribution in [1.29, 1.82) is 0 Å². The van der Waals surface area contributed by atoms with Gasteiger partial charge in [-0.25, -0.2) is 0 Å². The third-order valence-electron chi connectivity index (χ3n) is 3.61. The summed E-state index contributed by atoms with van der Waals surface area (Å²) in [6, 6.07) is 5.81. The van der Waals surface area contributed by atoms with Crippen LogP contribution in [0.15, 0.2) is 29.8 Å². The SMILES string of the molecule is Cc1ccc(C[C@H](NC(=O)CN(C)C(=O)/C=C/Cl)B(O)O)c(C)c1. The molecule has 24 heavy (non-hydrogen) atoms. The molecule has 0 bridgehead atoms. The van der Waals surface area contributed by atoms with Crippen molar-refractivity contribution in [3.8, 4) is 0 Å². The molecule has 0 saturated carbocycles. The monoisotopic (exact) mass is 352 g/mol. The minimum absolute atomic E-state index is 0.212. The van der Waals surface area contributed by atoms with E-state index in [-0.39, 0.29) is 13.0 Å². The van der Waals surface area contributed by atoms with Gasteiger partial charge in [-0.3, -0.25) is 9.59 Å². The number of carbonyl (C=O) groups is 2. The molecule has 1 aromatic rings. The molecule has 0 saturated heterocycles. The Labute approximate surface area is 147 Å². The van der Waals surface area contributed by atoms with Crippen LogP contribution >= 0.6 is 11.6 Å². The minimum atomic E-state index is -1.71. The number of likely N-dealkylation sites (N-methyl/N-ethyl adjacent to an activating group) is 1. The van der Waals surface area contributed by atoms with Crippen molar-refractivity contribution in [2.75, 3.05) is 13.6 Å². The van der Waals surface area contributed by atoms with Crippen LogP contribution < -0.4 is 5.32 Å². The average molecular weight is 353 g/mol. The van der Waals surface area contributed by atoms with E-state index in [4.69, 9.17) is 11.6 Å². The van der Waals surface area contributed by atoms with Gasteiger partial charge in [0.25, 0.3) is 0 Å². The second-order valence-corrected chi connectivity index (χ2v) is 5.96. The lowest BCUT2D eigenvalue weighted by Gasteiger charge is -2.21. The molecule has 0 aliphatic carbocycles. The van der Waals surface area contributed by atoms with Gasteiger partial charge in [0.15, 0.2) is 0 Å². The number of rotatable bonds is 7. The van der Waals surface area contributed by atoms with Crippen molar-refractivity contribution in [3.63, 3.8) is 0 Å². The van der Waals surface area contributed by atoms with Gasteiger partial charge in [-0.05, 0) is 31.4 Å². The Kier molecular flexibility index (Phi) is 7.97. The molecular weight excluding hydrogens is 330 g/mol. The van der Waals surface area contributed by atoms with Crippen LogP contribution in [-0.4, -0.2) is 53.4 Å². The lowest BCUT2D eigenvalue weighted by atomic mass is 9.75. The molecule has 2 amide bonds. The standard InChI is InChI=1S/C16H22BClN2O4/c1-11-4-5-13(12(2)8-11)9-14(17(23)24)19-15(21)10-20(3)16(22)6-7-18/h4-8,14,23-24H,9-10H2,1-3H3,(H,19,21)/b7-6+/t14-/m0/s1. The lowest BCUT2D eigenvalue weighted by molar-refractivity contribution is -0.131. The number of carbonyl (C=O) groups excluding carboxylic acids is 2. The first-order chi connectivity index (χ1) is 11.2. The van der Waals surface area contributed by atoms with Crippen LogP contribution in [0.2, 0.25) is 0 Å². The van der Waals surface area contributed by atoms with Gasteiger partial charge in [-0.1, -0.05) is 35.4 Å². The second kappa shape index (κ2) is 9.47. The zero-order chi connectivity index (χ0) is 18.3. The van der Waals surface area contributed by atoms with Crippen molar-refractivity contribution in [3.05, 3.63) is 46.5 Å². The Morgan fingerprint density at radius 3 is 2.58 bits per heavy atom. The maximum absolute atomic E-state index is 12.0. The number of aryl methyl sites for hydroxylation is 2. The summed E-state index contributed by atoms with van der Waals surface area (Å²) in [6.45, 7) is 3.69. The van der Waals surface area contributed by atoms with Crippen molar-refractivity contribution in [2.24, 2.45) is 0 Å². The van der Waals surface area contributed by atoms with Crippen LogP contribution in [0.5, 0.6) is 0 Å². The summed E-state index contributed by atoms with van der Waals surface area (Å²) in [4.78, 5) is 24.7. The van der Waals surface area contributed by atoms with Crippen molar-refractivity contribution in [1.82, 2.24) is 10.2 Å². The normalized spacial score (nSPS) is 12.1. The van der Waals surface area contributed by atoms with Crippen molar-refractivity contribution >= 4 is 30.5 Å². The summed E-state index contributed by atoms with van der Waals surface area (Å²) >= 11 is 5.32. The van der Waals surface area contributed by atoms with Gasteiger partial charge in [0, 0.05) is 18.7 Å². The maximum Gasteiger partial charge on any atom is 0.475 e. The fourth-order valence-electron chi connectivity index (χ4n) is 2.27. The van der Waals surface area contributed by atoms with Crippen LogP contribution in [0.3, 0.4) is 0 Å². The van der Waals surface area contributed by atoms with Crippen LogP contribution in [0, 0.1) is 13.8 Å². The average Bonchev–Trinajstić information content (AvgIpc) is 2.49. The Hall–Kier alpha value is -1.83. The highest BCUT2D eigenvalue weighted by Gasteiger charge is 2.26. The maximum atomic E-state index is 12.0. The first kappa shape index (κ1) is 20.2. The van der Waals surface area contributed by atoms with Gasteiger partial charge in [-0.15, -0.1) is 0 Å². The molecule has 6 nitrogen and oxygen atoms in total. The van der Waals surface area contributed by atoms with E-state index in [0.717, 1.165) is 28.3 Å². The van der Waals surface area contributed by atoms with E-state index in [2.05, 4.69) is 5.32 Å². The van der Waals surface area contributed by atoms with Crippen LogP contribution in [-0.2, 0) is 16.0 Å². The number of hydrogen-bond acceptors (Lipinski definition) is 4.